The van der Waals surface area contributed by atoms with E-state index in [1.165, 1.54) is 10.5 Å². The molecule has 3 rings (SSSR count). The van der Waals surface area contributed by atoms with Gasteiger partial charge in [0, 0.05) is 29.6 Å². The highest BCUT2D eigenvalue weighted by molar-refractivity contribution is 7.92. The van der Waals surface area contributed by atoms with E-state index < -0.39 is 10.0 Å². The Bertz CT molecular complexity index is 1130. The van der Waals surface area contributed by atoms with Crippen molar-refractivity contribution >= 4 is 33.5 Å². The second-order valence-electron chi connectivity index (χ2n) is 7.26. The highest BCUT2D eigenvalue weighted by atomic mass is 35.5. The third-order valence-corrected chi connectivity index (χ3v) is 7.08. The van der Waals surface area contributed by atoms with Gasteiger partial charge in [-0.15, -0.1) is 10.2 Å². The fourth-order valence-corrected chi connectivity index (χ4v) is 5.05. The topological polar surface area (TPSA) is 91.9 Å². The smallest absolute Gasteiger partial charge is 0.264 e. The predicted octanol–water partition coefficient (Wildman–Crippen LogP) is 5.19. The van der Waals surface area contributed by atoms with E-state index in [2.05, 4.69) is 10.2 Å². The van der Waals surface area contributed by atoms with Gasteiger partial charge in [0.15, 0.2) is 5.82 Å². The molecule has 0 aliphatic carbocycles. The van der Waals surface area contributed by atoms with Crippen LogP contribution < -0.4 is 4.31 Å². The van der Waals surface area contributed by atoms with Crippen LogP contribution in [0.2, 0.25) is 5.02 Å². The molecule has 0 spiro atoms. The molecule has 7 nitrogen and oxygen atoms in total. The van der Waals surface area contributed by atoms with Gasteiger partial charge >= 0.3 is 0 Å². The molecule has 31 heavy (non-hydrogen) atoms. The van der Waals surface area contributed by atoms with E-state index in [9.17, 15) is 8.42 Å². The minimum absolute atomic E-state index is 0.0656. The molecule has 0 bridgehead atoms. The summed E-state index contributed by atoms with van der Waals surface area (Å²) in [5.74, 6) is 0.511. The first-order valence-corrected chi connectivity index (χ1v) is 12.0. The summed E-state index contributed by atoms with van der Waals surface area (Å²) in [6.07, 6.45) is 4.97. The molecule has 164 valence electrons. The third kappa shape index (κ3) is 4.97. The minimum Gasteiger partial charge on any atom is -0.313 e. The zero-order valence-electron chi connectivity index (χ0n) is 17.6. The van der Waals surface area contributed by atoms with E-state index in [-0.39, 0.29) is 10.9 Å². The molecule has 0 saturated heterocycles. The molecule has 3 aromatic rings. The average Bonchev–Trinajstić information content (AvgIpc) is 3.25. The van der Waals surface area contributed by atoms with Crippen LogP contribution in [0.1, 0.15) is 39.2 Å². The SMILES string of the molecule is CCCCN(c1ccc(Cl)cc1-c1nncn1C(C)CC=N)S(=O)(=O)c1ccccc1. The lowest BCUT2D eigenvalue weighted by atomic mass is 10.1. The Morgan fingerprint density at radius 3 is 2.65 bits per heavy atom. The Morgan fingerprint density at radius 2 is 1.97 bits per heavy atom. The van der Waals surface area contributed by atoms with E-state index in [0.29, 0.717) is 41.5 Å². The maximum atomic E-state index is 13.6. The summed E-state index contributed by atoms with van der Waals surface area (Å²) in [7, 11) is -3.80. The van der Waals surface area contributed by atoms with Crippen molar-refractivity contribution in [3.05, 3.63) is 59.9 Å². The van der Waals surface area contributed by atoms with Gasteiger partial charge in [-0.2, -0.15) is 0 Å². The fourth-order valence-electron chi connectivity index (χ4n) is 3.34. The van der Waals surface area contributed by atoms with Gasteiger partial charge in [-0.3, -0.25) is 4.31 Å². The maximum absolute atomic E-state index is 13.6. The first-order valence-electron chi connectivity index (χ1n) is 10.2. The van der Waals surface area contributed by atoms with Gasteiger partial charge in [-0.05, 0) is 49.9 Å². The summed E-state index contributed by atoms with van der Waals surface area (Å²) >= 11 is 6.31. The highest BCUT2D eigenvalue weighted by Gasteiger charge is 2.28. The Hall–Kier alpha value is -2.71. The Balaban J connectivity index is 2.19. The number of hydrogen-bond acceptors (Lipinski definition) is 5. The number of halogens is 1. The van der Waals surface area contributed by atoms with Crippen LogP contribution in [0.5, 0.6) is 0 Å². The second-order valence-corrected chi connectivity index (χ2v) is 9.55. The normalized spacial score (nSPS) is 12.5. The van der Waals surface area contributed by atoms with Crippen molar-refractivity contribution in [3.63, 3.8) is 0 Å². The van der Waals surface area contributed by atoms with Gasteiger partial charge in [0.25, 0.3) is 10.0 Å². The summed E-state index contributed by atoms with van der Waals surface area (Å²) in [5.41, 5.74) is 1.08. The van der Waals surface area contributed by atoms with Gasteiger partial charge < -0.3 is 9.98 Å². The van der Waals surface area contributed by atoms with Gasteiger partial charge in [-0.1, -0.05) is 43.1 Å². The third-order valence-electron chi connectivity index (χ3n) is 5.02. The van der Waals surface area contributed by atoms with Crippen LogP contribution in [0.25, 0.3) is 11.4 Å². The fraction of sp³-hybridized carbons (Fsp3) is 0.318. The number of hydrogen-bond donors (Lipinski definition) is 1. The lowest BCUT2D eigenvalue weighted by Gasteiger charge is -2.27. The molecular formula is C22H26ClN5O2S. The Labute approximate surface area is 188 Å². The molecular weight excluding hydrogens is 434 g/mol. The number of unbranched alkanes of at least 4 members (excludes halogenated alkanes) is 1. The molecule has 2 aromatic carbocycles. The Kier molecular flexibility index (Phi) is 7.46. The van der Waals surface area contributed by atoms with E-state index in [4.69, 9.17) is 17.0 Å². The molecule has 1 atom stereocenters. The second kappa shape index (κ2) is 10.1. The first-order chi connectivity index (χ1) is 14.9. The molecule has 1 aromatic heterocycles. The van der Waals surface area contributed by atoms with Crippen molar-refractivity contribution in [1.82, 2.24) is 14.8 Å². The van der Waals surface area contributed by atoms with Crippen molar-refractivity contribution in [2.75, 3.05) is 10.8 Å². The number of aromatic nitrogens is 3. The molecule has 1 N–H and O–H groups in total. The molecule has 1 heterocycles. The number of benzene rings is 2. The molecule has 9 heteroatoms. The van der Waals surface area contributed by atoms with Gasteiger partial charge in [0.05, 0.1) is 10.6 Å². The van der Waals surface area contributed by atoms with Crippen LogP contribution in [-0.2, 0) is 10.0 Å². The Morgan fingerprint density at radius 1 is 1.23 bits per heavy atom. The summed E-state index contributed by atoms with van der Waals surface area (Å²) in [5, 5.41) is 16.2. The quantitative estimate of drug-likeness (QED) is 0.422. The molecule has 0 fully saturated rings. The monoisotopic (exact) mass is 459 g/mol. The van der Waals surface area contributed by atoms with E-state index in [0.717, 1.165) is 6.42 Å². The maximum Gasteiger partial charge on any atom is 0.264 e. The summed E-state index contributed by atoms with van der Waals surface area (Å²) in [6.45, 7) is 4.30. The van der Waals surface area contributed by atoms with Crippen LogP contribution >= 0.6 is 11.6 Å². The molecule has 0 aliphatic heterocycles. The number of anilines is 1. The van der Waals surface area contributed by atoms with Crippen molar-refractivity contribution in [3.8, 4) is 11.4 Å². The lowest BCUT2D eigenvalue weighted by molar-refractivity contribution is 0.574. The van der Waals surface area contributed by atoms with Crippen LogP contribution in [0, 0.1) is 5.41 Å². The number of nitrogens with one attached hydrogen (secondary N) is 1. The van der Waals surface area contributed by atoms with Crippen LogP contribution in [0.15, 0.2) is 59.8 Å². The average molecular weight is 460 g/mol. The minimum atomic E-state index is -3.80. The number of nitrogens with zero attached hydrogens (tertiary/aromatic N) is 4. The number of sulfonamides is 1. The molecule has 0 radical (unpaired) electrons. The standard InChI is InChI=1S/C22H26ClN5O2S/c1-3-4-14-28(31(29,30)19-8-6-5-7-9-19)21-11-10-18(23)15-20(21)22-26-25-16-27(22)17(2)12-13-24/h5-11,13,15-17,24H,3-4,12,14H2,1-2H3. The zero-order valence-corrected chi connectivity index (χ0v) is 19.1. The molecule has 0 saturated carbocycles. The van der Waals surface area contributed by atoms with E-state index in [1.54, 1.807) is 54.9 Å². The first kappa shape index (κ1) is 23.0. The molecule has 0 aliphatic rings. The molecule has 0 amide bonds. The highest BCUT2D eigenvalue weighted by Crippen LogP contribution is 2.36. The predicted molar refractivity (Wildman–Crippen MR) is 124 cm³/mol. The van der Waals surface area contributed by atoms with Crippen molar-refractivity contribution in [2.45, 2.75) is 44.0 Å². The molecule has 1 unspecified atom stereocenters. The van der Waals surface area contributed by atoms with E-state index in [1.807, 2.05) is 18.4 Å². The van der Waals surface area contributed by atoms with Gasteiger partial charge in [0.1, 0.15) is 6.33 Å². The summed E-state index contributed by atoms with van der Waals surface area (Å²) in [6, 6.07) is 13.5. The van der Waals surface area contributed by atoms with Crippen LogP contribution in [0.4, 0.5) is 5.69 Å². The van der Waals surface area contributed by atoms with E-state index >= 15 is 0 Å². The van der Waals surface area contributed by atoms with Crippen molar-refractivity contribution < 1.29 is 8.42 Å². The van der Waals surface area contributed by atoms with Crippen LogP contribution in [0.3, 0.4) is 0 Å². The van der Waals surface area contributed by atoms with Crippen molar-refractivity contribution in [1.29, 1.82) is 5.41 Å². The lowest BCUT2D eigenvalue weighted by Crippen LogP contribution is -2.32. The summed E-state index contributed by atoms with van der Waals surface area (Å²) in [4.78, 5) is 0.227. The number of rotatable bonds is 10. The van der Waals surface area contributed by atoms with Gasteiger partial charge in [-0.25, -0.2) is 8.42 Å². The zero-order chi connectivity index (χ0) is 22.4. The largest absolute Gasteiger partial charge is 0.313 e. The summed E-state index contributed by atoms with van der Waals surface area (Å²) < 4.78 is 30.4. The van der Waals surface area contributed by atoms with Crippen molar-refractivity contribution in [2.24, 2.45) is 0 Å². The van der Waals surface area contributed by atoms with Gasteiger partial charge in [0.2, 0.25) is 0 Å². The van der Waals surface area contributed by atoms with Crippen LogP contribution in [-0.4, -0.2) is 35.9 Å².